The van der Waals surface area contributed by atoms with Gasteiger partial charge in [-0.05, 0) is 67.5 Å². The molecule has 4 rings (SSSR count). The topological polar surface area (TPSA) is 110 Å². The van der Waals surface area contributed by atoms with Gasteiger partial charge >= 0.3 is 0 Å². The number of carbonyl (C=O) groups is 1. The molecule has 1 atom stereocenters. The second kappa shape index (κ2) is 8.06. The summed E-state index contributed by atoms with van der Waals surface area (Å²) in [5, 5.41) is 17.6. The minimum atomic E-state index is -0.444. The Morgan fingerprint density at radius 1 is 1.14 bits per heavy atom. The number of nitrogen functional groups attached to an aromatic ring is 1. The number of carbonyl (C=O) groups excluding carboxylic acids is 1. The Bertz CT molecular complexity index is 914. The van der Waals surface area contributed by atoms with Crippen molar-refractivity contribution in [2.24, 2.45) is 0 Å². The number of nitrogens with one attached hydrogen (secondary N) is 2. The molecule has 28 heavy (non-hydrogen) atoms. The first-order valence-electron chi connectivity index (χ1n) is 9.25. The summed E-state index contributed by atoms with van der Waals surface area (Å²) < 4.78 is 0. The third kappa shape index (κ3) is 4.20. The van der Waals surface area contributed by atoms with Crippen LogP contribution in [0.2, 0.25) is 0 Å². The Morgan fingerprint density at radius 3 is 2.64 bits per heavy atom. The molecule has 0 spiro atoms. The summed E-state index contributed by atoms with van der Waals surface area (Å²) in [5.41, 5.74) is 9.51. The lowest BCUT2D eigenvalue weighted by atomic mass is 9.87. The molecule has 0 radical (unpaired) electrons. The fourth-order valence-corrected chi connectivity index (χ4v) is 3.62. The maximum Gasteiger partial charge on any atom is 0.293 e. The minimum Gasteiger partial charge on any atom is -0.399 e. The van der Waals surface area contributed by atoms with Gasteiger partial charge in [0.15, 0.2) is 0 Å². The number of hydrogen-bond donors (Lipinski definition) is 3. The number of nitro benzene ring substituents is 1. The summed E-state index contributed by atoms with van der Waals surface area (Å²) in [6.07, 6.45) is 4.79. The van der Waals surface area contributed by atoms with Gasteiger partial charge < -0.3 is 16.4 Å². The van der Waals surface area contributed by atoms with Gasteiger partial charge in [0.05, 0.1) is 11.0 Å². The monoisotopic (exact) mass is 402 g/mol. The molecule has 0 bridgehead atoms. The second-order valence-corrected chi connectivity index (χ2v) is 7.28. The van der Waals surface area contributed by atoms with Crippen molar-refractivity contribution in [3.05, 3.63) is 63.2 Å². The van der Waals surface area contributed by atoms with Gasteiger partial charge in [0.2, 0.25) is 0 Å². The number of benzene rings is 2. The molecule has 2 aliphatic rings. The van der Waals surface area contributed by atoms with Crippen LogP contribution in [0.4, 0.5) is 17.1 Å². The lowest BCUT2D eigenvalue weighted by molar-refractivity contribution is -0.384. The highest BCUT2D eigenvalue weighted by Gasteiger charge is 2.27. The molecule has 7 nitrogen and oxygen atoms in total. The predicted octanol–water partition coefficient (Wildman–Crippen LogP) is 3.98. The number of halogens is 1. The van der Waals surface area contributed by atoms with E-state index in [0.29, 0.717) is 17.3 Å². The zero-order valence-corrected chi connectivity index (χ0v) is 16.1. The molecule has 2 aliphatic carbocycles. The molecule has 148 valence electrons. The highest BCUT2D eigenvalue weighted by molar-refractivity contribution is 5.96. The minimum absolute atomic E-state index is 0. The Hall–Kier alpha value is -2.80. The van der Waals surface area contributed by atoms with Gasteiger partial charge in [0.25, 0.3) is 11.6 Å². The van der Waals surface area contributed by atoms with Crippen LogP contribution in [0, 0.1) is 10.1 Å². The van der Waals surface area contributed by atoms with Crippen LogP contribution in [0.15, 0.2) is 36.4 Å². The van der Waals surface area contributed by atoms with Crippen molar-refractivity contribution in [1.29, 1.82) is 0 Å². The molecule has 1 unspecified atom stereocenters. The largest absolute Gasteiger partial charge is 0.399 e. The van der Waals surface area contributed by atoms with E-state index in [4.69, 9.17) is 5.73 Å². The summed E-state index contributed by atoms with van der Waals surface area (Å²) in [5.74, 6) is -0.300. The fraction of sp³-hybridized carbons (Fsp3) is 0.350. The van der Waals surface area contributed by atoms with E-state index in [1.54, 1.807) is 12.1 Å². The van der Waals surface area contributed by atoms with Gasteiger partial charge in [-0.1, -0.05) is 6.07 Å². The van der Waals surface area contributed by atoms with Crippen molar-refractivity contribution in [3.63, 3.8) is 0 Å². The first-order chi connectivity index (χ1) is 13.0. The first kappa shape index (κ1) is 19.9. The van der Waals surface area contributed by atoms with Crippen molar-refractivity contribution in [3.8, 4) is 0 Å². The van der Waals surface area contributed by atoms with E-state index < -0.39 is 4.92 Å². The van der Waals surface area contributed by atoms with Crippen molar-refractivity contribution in [2.75, 3.05) is 11.1 Å². The van der Waals surface area contributed by atoms with Crippen LogP contribution in [0.3, 0.4) is 0 Å². The number of amides is 1. The van der Waals surface area contributed by atoms with Crippen LogP contribution < -0.4 is 16.4 Å². The first-order valence-corrected chi connectivity index (χ1v) is 9.25. The molecule has 0 heterocycles. The van der Waals surface area contributed by atoms with E-state index in [1.165, 1.54) is 6.07 Å². The molecule has 2 aromatic carbocycles. The second-order valence-electron chi connectivity index (χ2n) is 7.28. The van der Waals surface area contributed by atoms with Crippen molar-refractivity contribution in [2.45, 2.75) is 44.2 Å². The normalized spacial score (nSPS) is 17.8. The zero-order chi connectivity index (χ0) is 19.0. The van der Waals surface area contributed by atoms with Gasteiger partial charge in [-0.15, -0.1) is 12.4 Å². The van der Waals surface area contributed by atoms with Crippen LogP contribution in [0.1, 0.15) is 53.2 Å². The summed E-state index contributed by atoms with van der Waals surface area (Å²) in [7, 11) is 0. The average Bonchev–Trinajstić information content (AvgIpc) is 3.45. The van der Waals surface area contributed by atoms with Crippen molar-refractivity contribution < 1.29 is 9.72 Å². The van der Waals surface area contributed by atoms with E-state index in [2.05, 4.69) is 10.6 Å². The van der Waals surface area contributed by atoms with E-state index in [9.17, 15) is 14.9 Å². The summed E-state index contributed by atoms with van der Waals surface area (Å²) >= 11 is 0. The molecule has 0 saturated heterocycles. The quantitative estimate of drug-likeness (QED) is 0.398. The molecule has 1 saturated carbocycles. The predicted molar refractivity (Wildman–Crippen MR) is 111 cm³/mol. The number of rotatable bonds is 5. The average molecular weight is 403 g/mol. The number of nitrogens with two attached hydrogens (primary N) is 1. The van der Waals surface area contributed by atoms with Crippen LogP contribution in [0.5, 0.6) is 0 Å². The lowest BCUT2D eigenvalue weighted by Gasteiger charge is -2.26. The van der Waals surface area contributed by atoms with E-state index >= 15 is 0 Å². The number of nitrogens with zero attached hydrogens (tertiary/aromatic N) is 1. The van der Waals surface area contributed by atoms with Crippen LogP contribution in [0.25, 0.3) is 0 Å². The van der Waals surface area contributed by atoms with Gasteiger partial charge in [-0.2, -0.15) is 0 Å². The Labute approximate surface area is 169 Å². The van der Waals surface area contributed by atoms with E-state index in [-0.39, 0.29) is 30.0 Å². The Morgan fingerprint density at radius 2 is 1.93 bits per heavy atom. The third-order valence-corrected chi connectivity index (χ3v) is 5.18. The van der Waals surface area contributed by atoms with E-state index in [0.717, 1.165) is 48.9 Å². The van der Waals surface area contributed by atoms with Gasteiger partial charge in [0.1, 0.15) is 5.69 Å². The number of hydrogen-bond acceptors (Lipinski definition) is 5. The zero-order valence-electron chi connectivity index (χ0n) is 15.3. The number of anilines is 2. The smallest absolute Gasteiger partial charge is 0.293 e. The maximum atomic E-state index is 12.7. The summed E-state index contributed by atoms with van der Waals surface area (Å²) in [6, 6.07) is 10.6. The lowest BCUT2D eigenvalue weighted by Crippen LogP contribution is -2.31. The highest BCUT2D eigenvalue weighted by atomic mass is 35.5. The standard InChI is InChI=1S/C20H22N4O3.ClH/c21-14-5-8-16-12(10-14)2-1-3-17(16)23-20(25)13-4-9-18(22-15-6-7-15)19(11-13)24(26)27;/h4-5,8-11,15,17,22H,1-3,6-7,21H2,(H,23,25);1H. The molecular weight excluding hydrogens is 380 g/mol. The highest BCUT2D eigenvalue weighted by Crippen LogP contribution is 2.33. The molecule has 0 aromatic heterocycles. The Balaban J connectivity index is 0.00000225. The van der Waals surface area contributed by atoms with Gasteiger partial charge in [-0.25, -0.2) is 0 Å². The number of aryl methyl sites for hydroxylation is 1. The third-order valence-electron chi connectivity index (χ3n) is 5.18. The molecule has 8 heteroatoms. The SMILES string of the molecule is Cl.Nc1ccc2c(c1)CCCC2NC(=O)c1ccc(NC2CC2)c([N+](=O)[O-])c1. The summed E-state index contributed by atoms with van der Waals surface area (Å²) in [4.78, 5) is 23.7. The van der Waals surface area contributed by atoms with Crippen LogP contribution in [-0.4, -0.2) is 16.9 Å². The maximum absolute atomic E-state index is 12.7. The molecule has 1 amide bonds. The molecule has 2 aromatic rings. The molecule has 4 N–H and O–H groups in total. The number of fused-ring (bicyclic) bond motifs is 1. The summed E-state index contributed by atoms with van der Waals surface area (Å²) in [6.45, 7) is 0. The number of nitro groups is 1. The van der Waals surface area contributed by atoms with Crippen molar-refractivity contribution in [1.82, 2.24) is 5.32 Å². The van der Waals surface area contributed by atoms with Gasteiger partial charge in [-0.3, -0.25) is 14.9 Å². The van der Waals surface area contributed by atoms with Crippen LogP contribution >= 0.6 is 12.4 Å². The van der Waals surface area contributed by atoms with E-state index in [1.807, 2.05) is 18.2 Å². The van der Waals surface area contributed by atoms with Gasteiger partial charge in [0, 0.05) is 23.4 Å². The van der Waals surface area contributed by atoms with Crippen LogP contribution in [-0.2, 0) is 6.42 Å². The molecule has 0 aliphatic heterocycles. The Kier molecular flexibility index (Phi) is 5.74. The fourth-order valence-electron chi connectivity index (χ4n) is 3.62. The molecule has 1 fully saturated rings. The molecular formula is C20H23ClN4O3. The van der Waals surface area contributed by atoms with Crippen molar-refractivity contribution >= 4 is 35.4 Å².